The van der Waals surface area contributed by atoms with Crippen molar-refractivity contribution in [2.75, 3.05) is 0 Å². The van der Waals surface area contributed by atoms with Crippen LogP contribution >= 0.6 is 0 Å². The highest BCUT2D eigenvalue weighted by Gasteiger charge is 2.41. The van der Waals surface area contributed by atoms with Gasteiger partial charge in [0, 0.05) is 10.9 Å². The van der Waals surface area contributed by atoms with E-state index in [1.54, 1.807) is 0 Å². The molecule has 0 spiro atoms. The molecule has 0 heterocycles. The van der Waals surface area contributed by atoms with Crippen LogP contribution in [0.25, 0.3) is 0 Å². The van der Waals surface area contributed by atoms with E-state index in [0.29, 0.717) is 0 Å². The Kier molecular flexibility index (Phi) is 4.89. The third-order valence-electron chi connectivity index (χ3n) is 4.00. The van der Waals surface area contributed by atoms with Crippen LogP contribution in [-0.4, -0.2) is 6.71 Å². The van der Waals surface area contributed by atoms with Gasteiger partial charge in [-0.1, -0.05) is 12.2 Å². The zero-order valence-electron chi connectivity index (χ0n) is 13.1. The van der Waals surface area contributed by atoms with Crippen LogP contribution in [0.15, 0.2) is 29.4 Å². The van der Waals surface area contributed by atoms with Gasteiger partial charge in [0.25, 0.3) is 6.71 Å². The van der Waals surface area contributed by atoms with Crippen LogP contribution in [0.4, 0.5) is 43.9 Å². The molecule has 0 bridgehead atoms. The summed E-state index contributed by atoms with van der Waals surface area (Å²) in [4.78, 5) is 0. The summed E-state index contributed by atoms with van der Waals surface area (Å²) in [6, 6.07) is 0. The highest BCUT2D eigenvalue weighted by molar-refractivity contribution is 6.91. The van der Waals surface area contributed by atoms with Gasteiger partial charge in [0.05, 0.1) is 0 Å². The molecule has 2 aromatic carbocycles. The SMILES string of the molecule is Fc1c(F)c(F)c(B(C2=C=CC=C2)c2c(F)c(F)c(F)c(F)c2F)c(F)c1F. The molecule has 0 nitrogen and oxygen atoms in total. The molecular formula is C17H3BF10. The predicted octanol–water partition coefficient (Wildman–Crippen LogP) is 3.88. The van der Waals surface area contributed by atoms with Crippen molar-refractivity contribution in [1.29, 1.82) is 0 Å². The summed E-state index contributed by atoms with van der Waals surface area (Å²) in [6.45, 7) is -2.57. The maximum absolute atomic E-state index is 14.2. The lowest BCUT2D eigenvalue weighted by Crippen LogP contribution is -2.51. The van der Waals surface area contributed by atoms with Crippen molar-refractivity contribution in [2.24, 2.45) is 0 Å². The molecule has 1 aliphatic rings. The van der Waals surface area contributed by atoms with E-state index in [2.05, 4.69) is 5.73 Å². The van der Waals surface area contributed by atoms with Crippen LogP contribution in [-0.2, 0) is 0 Å². The zero-order chi connectivity index (χ0) is 20.9. The third-order valence-corrected chi connectivity index (χ3v) is 4.00. The summed E-state index contributed by atoms with van der Waals surface area (Å²) < 4.78 is 138. The first kappa shape index (κ1) is 19.8. The Morgan fingerprint density at radius 2 is 0.821 bits per heavy atom. The normalized spacial score (nSPS) is 12.7. The van der Waals surface area contributed by atoms with Crippen molar-refractivity contribution < 1.29 is 43.9 Å². The van der Waals surface area contributed by atoms with Gasteiger partial charge in [-0.2, -0.15) is 0 Å². The lowest BCUT2D eigenvalue weighted by Gasteiger charge is -2.19. The number of benzene rings is 2. The molecule has 0 fully saturated rings. The van der Waals surface area contributed by atoms with E-state index >= 15 is 0 Å². The standard InChI is InChI=1S/C17H3BF10/c19-8-6(9(20)13(24)16(27)12(8)23)18(5-3-1-2-4-5)7-10(21)14(25)17(28)15(26)11(7)22/h1-3H. The molecule has 28 heavy (non-hydrogen) atoms. The second-order valence-corrected chi connectivity index (χ2v) is 5.53. The topological polar surface area (TPSA) is 0 Å². The molecule has 0 aliphatic heterocycles. The van der Waals surface area contributed by atoms with Crippen molar-refractivity contribution in [3.63, 3.8) is 0 Å². The minimum Gasteiger partial charge on any atom is -0.204 e. The summed E-state index contributed by atoms with van der Waals surface area (Å²) >= 11 is 0. The molecule has 0 N–H and O–H groups in total. The van der Waals surface area contributed by atoms with E-state index in [-0.39, 0.29) is 0 Å². The monoisotopic (exact) mass is 408 g/mol. The molecule has 0 saturated heterocycles. The van der Waals surface area contributed by atoms with Crippen molar-refractivity contribution in [3.8, 4) is 0 Å². The Balaban J connectivity index is 2.48. The largest absolute Gasteiger partial charge is 0.266 e. The fourth-order valence-corrected chi connectivity index (χ4v) is 2.73. The van der Waals surface area contributed by atoms with Gasteiger partial charge < -0.3 is 0 Å². The van der Waals surface area contributed by atoms with E-state index in [0.717, 1.165) is 18.2 Å². The Bertz CT molecular complexity index is 984. The van der Waals surface area contributed by atoms with E-state index in [1.165, 1.54) is 0 Å². The van der Waals surface area contributed by atoms with Gasteiger partial charge in [-0.25, -0.2) is 43.9 Å². The molecule has 0 amide bonds. The smallest absolute Gasteiger partial charge is 0.204 e. The van der Waals surface area contributed by atoms with Crippen LogP contribution < -0.4 is 10.9 Å². The van der Waals surface area contributed by atoms with Crippen molar-refractivity contribution in [2.45, 2.75) is 0 Å². The van der Waals surface area contributed by atoms with Crippen molar-refractivity contribution in [3.05, 3.63) is 87.6 Å². The van der Waals surface area contributed by atoms with Crippen molar-refractivity contribution >= 4 is 17.6 Å². The highest BCUT2D eigenvalue weighted by Crippen LogP contribution is 2.23. The van der Waals surface area contributed by atoms with Gasteiger partial charge in [-0.15, -0.1) is 5.73 Å². The summed E-state index contributed by atoms with van der Waals surface area (Å²) in [5.74, 6) is -24.9. The molecule has 0 radical (unpaired) electrons. The lowest BCUT2D eigenvalue weighted by atomic mass is 9.36. The molecule has 1 aliphatic carbocycles. The molecule has 0 saturated carbocycles. The van der Waals surface area contributed by atoms with E-state index in [4.69, 9.17) is 0 Å². The first-order chi connectivity index (χ1) is 13.1. The first-order valence-corrected chi connectivity index (χ1v) is 7.25. The van der Waals surface area contributed by atoms with Gasteiger partial charge in [0.2, 0.25) is 0 Å². The van der Waals surface area contributed by atoms with E-state index in [1.807, 2.05) is 0 Å². The minimum atomic E-state index is -2.57. The molecule has 11 heteroatoms. The fraction of sp³-hybridized carbons (Fsp3) is 0. The average Bonchev–Trinajstić information content (AvgIpc) is 3.21. The molecule has 0 unspecified atom stereocenters. The second kappa shape index (κ2) is 6.90. The Hall–Kier alpha value is -2.94. The van der Waals surface area contributed by atoms with Gasteiger partial charge in [0.1, 0.15) is 0 Å². The van der Waals surface area contributed by atoms with Crippen LogP contribution in [0, 0.1) is 58.2 Å². The maximum atomic E-state index is 14.2. The molecule has 144 valence electrons. The molecule has 0 aromatic heterocycles. The van der Waals surface area contributed by atoms with Crippen LogP contribution in [0.3, 0.4) is 0 Å². The van der Waals surface area contributed by atoms with Gasteiger partial charge in [-0.3, -0.25) is 0 Å². The van der Waals surface area contributed by atoms with Gasteiger partial charge >= 0.3 is 0 Å². The van der Waals surface area contributed by atoms with Crippen LogP contribution in [0.5, 0.6) is 0 Å². The lowest BCUT2D eigenvalue weighted by molar-refractivity contribution is 0.382. The predicted molar refractivity (Wildman–Crippen MR) is 78.2 cm³/mol. The molecule has 2 aromatic rings. The third kappa shape index (κ3) is 2.74. The number of halogens is 10. The number of hydrogen-bond acceptors (Lipinski definition) is 0. The fourth-order valence-electron chi connectivity index (χ4n) is 2.73. The second-order valence-electron chi connectivity index (χ2n) is 5.53. The molecule has 0 atom stereocenters. The van der Waals surface area contributed by atoms with Gasteiger partial charge in [0.15, 0.2) is 58.2 Å². The number of rotatable bonds is 3. The summed E-state index contributed by atoms with van der Waals surface area (Å²) in [5, 5.41) is 0. The quantitative estimate of drug-likeness (QED) is 0.238. The maximum Gasteiger partial charge on any atom is 0.266 e. The van der Waals surface area contributed by atoms with Crippen LogP contribution in [0.1, 0.15) is 0 Å². The van der Waals surface area contributed by atoms with E-state index < -0.39 is 81.3 Å². The summed E-state index contributed by atoms with van der Waals surface area (Å²) in [7, 11) is 0. The Morgan fingerprint density at radius 3 is 1.11 bits per heavy atom. The van der Waals surface area contributed by atoms with E-state index in [9.17, 15) is 43.9 Å². The Morgan fingerprint density at radius 1 is 0.500 bits per heavy atom. The first-order valence-electron chi connectivity index (χ1n) is 7.25. The minimum absolute atomic E-state index is 0.591. The van der Waals surface area contributed by atoms with Gasteiger partial charge in [-0.05, 0) is 11.5 Å². The summed E-state index contributed by atoms with van der Waals surface area (Å²) in [6.07, 6.45) is 3.06. The molecule has 3 rings (SSSR count). The van der Waals surface area contributed by atoms with Crippen LogP contribution in [0.2, 0.25) is 0 Å². The average molecular weight is 408 g/mol. The number of allylic oxidation sites excluding steroid dienone is 3. The van der Waals surface area contributed by atoms with Crippen molar-refractivity contribution in [1.82, 2.24) is 0 Å². The highest BCUT2D eigenvalue weighted by atomic mass is 19.2. The number of hydrogen-bond donors (Lipinski definition) is 0. The zero-order valence-corrected chi connectivity index (χ0v) is 13.1. The summed E-state index contributed by atoms with van der Waals surface area (Å²) in [5.41, 5.74) is -1.96. The molecular weight excluding hydrogens is 405 g/mol. The Labute approximate surface area is 150 Å².